The zero-order valence-electron chi connectivity index (χ0n) is 17.4. The number of amides is 2. The van der Waals surface area contributed by atoms with Gasteiger partial charge in [0, 0.05) is 38.4 Å². The van der Waals surface area contributed by atoms with E-state index in [4.69, 9.17) is 0 Å². The van der Waals surface area contributed by atoms with Gasteiger partial charge in [-0.2, -0.15) is 13.2 Å². The fourth-order valence-electron chi connectivity index (χ4n) is 4.30. The zero-order chi connectivity index (χ0) is 23.7. The van der Waals surface area contributed by atoms with Gasteiger partial charge in [-0.1, -0.05) is 0 Å². The Bertz CT molecular complexity index is 834. The highest BCUT2D eigenvalue weighted by Gasteiger charge is 2.50. The number of alkyl halides is 5. The van der Waals surface area contributed by atoms with Crippen LogP contribution in [0.4, 0.5) is 27.8 Å². The predicted molar refractivity (Wildman–Crippen MR) is 104 cm³/mol. The summed E-state index contributed by atoms with van der Waals surface area (Å²) in [5, 5.41) is 11.8. The van der Waals surface area contributed by atoms with Crippen LogP contribution in [0, 0.1) is 11.8 Å². The first-order valence-corrected chi connectivity index (χ1v) is 10.3. The molecule has 2 saturated heterocycles. The molecule has 0 radical (unpaired) electrons. The number of nitrogens with one attached hydrogen (secondary N) is 1. The van der Waals surface area contributed by atoms with Gasteiger partial charge in [-0.15, -0.1) is 0 Å². The molecule has 0 spiro atoms. The highest BCUT2D eigenvalue weighted by molar-refractivity contribution is 5.93. The van der Waals surface area contributed by atoms with Crippen LogP contribution in [0.5, 0.6) is 5.75 Å². The summed E-state index contributed by atoms with van der Waals surface area (Å²) in [6.07, 6.45) is -4.12. The third-order valence-electron chi connectivity index (χ3n) is 6.11. The molecule has 7 nitrogen and oxygen atoms in total. The topological polar surface area (TPSA) is 85.8 Å². The minimum Gasteiger partial charge on any atom is -0.506 e. The van der Waals surface area contributed by atoms with Crippen LogP contribution in [0.3, 0.4) is 0 Å². The van der Waals surface area contributed by atoms with Gasteiger partial charge in [0.1, 0.15) is 18.1 Å². The zero-order valence-corrected chi connectivity index (χ0v) is 17.4. The van der Waals surface area contributed by atoms with Crippen molar-refractivity contribution in [3.63, 3.8) is 0 Å². The molecule has 0 aromatic carbocycles. The number of hydrogen-bond acceptors (Lipinski definition) is 5. The van der Waals surface area contributed by atoms with Gasteiger partial charge >= 0.3 is 6.18 Å². The highest BCUT2D eigenvalue weighted by atomic mass is 19.4. The first kappa shape index (κ1) is 24.1. The molecule has 0 bridgehead atoms. The van der Waals surface area contributed by atoms with Crippen molar-refractivity contribution in [3.05, 3.63) is 18.3 Å². The van der Waals surface area contributed by atoms with Crippen molar-refractivity contribution >= 4 is 17.6 Å². The Morgan fingerprint density at radius 2 is 2.06 bits per heavy atom. The quantitative estimate of drug-likeness (QED) is 0.655. The van der Waals surface area contributed by atoms with E-state index in [1.54, 1.807) is 11.8 Å². The summed E-state index contributed by atoms with van der Waals surface area (Å²) in [4.78, 5) is 30.5. The molecular formula is C20H25F5N4O3. The minimum atomic E-state index is -4.60. The molecule has 32 heavy (non-hydrogen) atoms. The summed E-state index contributed by atoms with van der Waals surface area (Å²) in [7, 11) is 0. The molecule has 3 rings (SSSR count). The Labute approximate surface area is 181 Å². The Morgan fingerprint density at radius 3 is 2.69 bits per heavy atom. The lowest BCUT2D eigenvalue weighted by molar-refractivity contribution is -0.174. The van der Waals surface area contributed by atoms with Gasteiger partial charge in [0.25, 0.3) is 5.92 Å². The summed E-state index contributed by atoms with van der Waals surface area (Å²) in [5.74, 6) is -6.26. The number of anilines is 1. The molecule has 178 valence electrons. The van der Waals surface area contributed by atoms with E-state index in [9.17, 15) is 36.6 Å². The van der Waals surface area contributed by atoms with Crippen LogP contribution in [0.15, 0.2) is 18.3 Å². The molecule has 2 amide bonds. The van der Waals surface area contributed by atoms with Gasteiger partial charge < -0.3 is 15.3 Å². The maximum Gasteiger partial charge on any atom is 0.406 e. The van der Waals surface area contributed by atoms with Crippen molar-refractivity contribution in [2.75, 3.05) is 31.5 Å². The molecule has 2 aliphatic heterocycles. The number of halogens is 5. The maximum atomic E-state index is 14.8. The number of hydrogen-bond donors (Lipinski definition) is 2. The fourth-order valence-corrected chi connectivity index (χ4v) is 4.30. The number of rotatable bonds is 5. The fraction of sp³-hybridized carbons (Fsp3) is 0.650. The summed E-state index contributed by atoms with van der Waals surface area (Å²) in [5.41, 5.74) is 0. The van der Waals surface area contributed by atoms with Crippen molar-refractivity contribution in [1.29, 1.82) is 0 Å². The van der Waals surface area contributed by atoms with Crippen molar-refractivity contribution in [2.45, 2.75) is 44.3 Å². The standard InChI is InChI=1S/C20H25F5N4O3/c1-12(18(32)27-16-4-3-14(30)8-26-16)28-7-6-19(21,22)15(10-28)13-2-5-17(31)29(9-13)11-20(23,24)25/h3-4,8,12-13,15,30H,2,5-7,9-11H2,1H3,(H,26,27,32)/t12-,13?,15?/m0/s1. The summed E-state index contributed by atoms with van der Waals surface area (Å²) < 4.78 is 67.8. The number of pyridine rings is 1. The second-order valence-corrected chi connectivity index (χ2v) is 8.37. The number of aromatic nitrogens is 1. The van der Waals surface area contributed by atoms with E-state index in [-0.39, 0.29) is 44.0 Å². The van der Waals surface area contributed by atoms with E-state index in [2.05, 4.69) is 10.3 Å². The second-order valence-electron chi connectivity index (χ2n) is 8.37. The molecule has 3 heterocycles. The molecule has 2 fully saturated rings. The van der Waals surface area contributed by atoms with E-state index in [1.165, 1.54) is 12.1 Å². The van der Waals surface area contributed by atoms with Crippen LogP contribution in [-0.2, 0) is 9.59 Å². The van der Waals surface area contributed by atoms with Crippen LogP contribution in [0.2, 0.25) is 0 Å². The van der Waals surface area contributed by atoms with Crippen molar-refractivity contribution in [2.24, 2.45) is 11.8 Å². The lowest BCUT2D eigenvalue weighted by Crippen LogP contribution is -2.57. The average molecular weight is 464 g/mol. The molecular weight excluding hydrogens is 439 g/mol. The van der Waals surface area contributed by atoms with E-state index >= 15 is 0 Å². The molecule has 2 aliphatic rings. The Balaban J connectivity index is 1.68. The van der Waals surface area contributed by atoms with Crippen LogP contribution < -0.4 is 5.32 Å². The average Bonchev–Trinajstić information content (AvgIpc) is 2.70. The van der Waals surface area contributed by atoms with Crippen LogP contribution in [0.25, 0.3) is 0 Å². The number of aromatic hydroxyl groups is 1. The van der Waals surface area contributed by atoms with Crippen LogP contribution in [-0.4, -0.2) is 76.0 Å². The molecule has 3 atom stereocenters. The van der Waals surface area contributed by atoms with Crippen LogP contribution in [0.1, 0.15) is 26.2 Å². The van der Waals surface area contributed by atoms with Gasteiger partial charge in [0.2, 0.25) is 11.8 Å². The SMILES string of the molecule is C[C@@H](C(=O)Nc1ccc(O)cn1)N1CCC(F)(F)C(C2CCC(=O)N(CC(F)(F)F)C2)C1. The van der Waals surface area contributed by atoms with Crippen molar-refractivity contribution in [3.8, 4) is 5.75 Å². The molecule has 1 aromatic rings. The lowest BCUT2D eigenvalue weighted by Gasteiger charge is -2.46. The smallest absolute Gasteiger partial charge is 0.406 e. The van der Waals surface area contributed by atoms with Gasteiger partial charge in [0.05, 0.1) is 12.2 Å². The van der Waals surface area contributed by atoms with Crippen molar-refractivity contribution in [1.82, 2.24) is 14.8 Å². The minimum absolute atomic E-state index is 0.0565. The van der Waals surface area contributed by atoms with E-state index in [1.807, 2.05) is 0 Å². The van der Waals surface area contributed by atoms with E-state index < -0.39 is 54.8 Å². The largest absolute Gasteiger partial charge is 0.506 e. The maximum absolute atomic E-state index is 14.8. The Morgan fingerprint density at radius 1 is 1.34 bits per heavy atom. The van der Waals surface area contributed by atoms with Crippen LogP contribution >= 0.6 is 0 Å². The number of carbonyl (C=O) groups is 2. The third-order valence-corrected chi connectivity index (χ3v) is 6.11. The van der Waals surface area contributed by atoms with Gasteiger partial charge in [-0.3, -0.25) is 14.5 Å². The van der Waals surface area contributed by atoms with Crippen molar-refractivity contribution < 1.29 is 36.6 Å². The van der Waals surface area contributed by atoms with E-state index in [0.717, 1.165) is 6.20 Å². The molecule has 0 saturated carbocycles. The number of carbonyl (C=O) groups excluding carboxylic acids is 2. The summed E-state index contributed by atoms with van der Waals surface area (Å²) in [6, 6.07) is 1.93. The summed E-state index contributed by atoms with van der Waals surface area (Å²) in [6.45, 7) is -0.522. The molecule has 2 unspecified atom stereocenters. The Hall–Kier alpha value is -2.50. The van der Waals surface area contributed by atoms with Gasteiger partial charge in [0.15, 0.2) is 0 Å². The number of likely N-dealkylation sites (tertiary alicyclic amines) is 2. The second kappa shape index (κ2) is 9.16. The third kappa shape index (κ3) is 5.84. The van der Waals surface area contributed by atoms with Gasteiger partial charge in [-0.05, 0) is 31.4 Å². The molecule has 12 heteroatoms. The number of nitrogens with zero attached hydrogens (tertiary/aromatic N) is 3. The molecule has 1 aromatic heterocycles. The monoisotopic (exact) mass is 464 g/mol. The first-order chi connectivity index (χ1) is 14.9. The number of piperidine rings is 2. The molecule has 0 aliphatic carbocycles. The Kier molecular flexibility index (Phi) is 6.91. The molecule has 2 N–H and O–H groups in total. The predicted octanol–water partition coefficient (Wildman–Crippen LogP) is 2.87. The van der Waals surface area contributed by atoms with Gasteiger partial charge in [-0.25, -0.2) is 13.8 Å². The first-order valence-electron chi connectivity index (χ1n) is 10.3. The lowest BCUT2D eigenvalue weighted by atomic mass is 9.77. The summed E-state index contributed by atoms with van der Waals surface area (Å²) >= 11 is 0. The highest BCUT2D eigenvalue weighted by Crippen LogP contribution is 2.42. The van der Waals surface area contributed by atoms with E-state index in [0.29, 0.717) is 4.90 Å². The normalized spacial score (nSPS) is 25.4.